The van der Waals surface area contributed by atoms with Crippen molar-refractivity contribution in [1.82, 2.24) is 0 Å². The van der Waals surface area contributed by atoms with Gasteiger partial charge in [-0.2, -0.15) is 0 Å². The van der Waals surface area contributed by atoms with Crippen molar-refractivity contribution in [3.63, 3.8) is 0 Å². The Morgan fingerprint density at radius 2 is 2.33 bits per heavy atom. The Bertz CT molecular complexity index is 128. The average Bonchev–Trinajstić information content (AvgIpc) is 2.09. The van der Waals surface area contributed by atoms with Gasteiger partial charge in [0.15, 0.2) is 6.29 Å². The Labute approximate surface area is 71.8 Å². The number of hydrogen-bond acceptors (Lipinski definition) is 3. The maximum absolute atomic E-state index is 11.1. The third-order valence-corrected chi connectivity index (χ3v) is 2.17. The molecule has 1 aliphatic heterocycles. The van der Waals surface area contributed by atoms with Crippen molar-refractivity contribution in [2.75, 3.05) is 13.2 Å². The van der Waals surface area contributed by atoms with Crippen molar-refractivity contribution in [3.8, 4) is 0 Å². The predicted octanol–water partition coefficient (Wildman–Crippen LogP) is -0.0871. The molecule has 1 rings (SSSR count). The van der Waals surface area contributed by atoms with Gasteiger partial charge in [-0.1, -0.05) is 0 Å². The van der Waals surface area contributed by atoms with Crippen LogP contribution in [0.25, 0.3) is 0 Å². The van der Waals surface area contributed by atoms with E-state index in [2.05, 4.69) is 0 Å². The fourth-order valence-corrected chi connectivity index (χ4v) is 1.47. The Morgan fingerprint density at radius 1 is 1.58 bits per heavy atom. The molecular formula is C8H15O4. The first-order valence-electron chi connectivity index (χ1n) is 4.30. The van der Waals surface area contributed by atoms with Crippen LogP contribution in [0.1, 0.15) is 19.3 Å². The summed E-state index contributed by atoms with van der Waals surface area (Å²) in [6.07, 6.45) is 0.241. The Kier molecular flexibility index (Phi) is 3.94. The number of rotatable bonds is 3. The van der Waals surface area contributed by atoms with Gasteiger partial charge in [0.2, 0.25) is 0 Å². The van der Waals surface area contributed by atoms with Crippen LogP contribution in [0.15, 0.2) is 0 Å². The van der Waals surface area contributed by atoms with E-state index in [1.54, 1.807) is 0 Å². The van der Waals surface area contributed by atoms with Gasteiger partial charge in [0.25, 0.3) is 0 Å². The van der Waals surface area contributed by atoms with Gasteiger partial charge in [-0.25, -0.2) is 5.11 Å². The van der Waals surface area contributed by atoms with E-state index in [9.17, 15) is 5.11 Å². The number of hydrogen-bond donors (Lipinski definition) is 2. The fourth-order valence-electron chi connectivity index (χ4n) is 1.47. The second kappa shape index (κ2) is 4.77. The molecule has 4 nitrogen and oxygen atoms in total. The van der Waals surface area contributed by atoms with Crippen LogP contribution in [0.2, 0.25) is 0 Å². The van der Waals surface area contributed by atoms with Gasteiger partial charge in [0.05, 0.1) is 12.7 Å². The summed E-state index contributed by atoms with van der Waals surface area (Å²) in [5.74, 6) is -0.138. The molecule has 3 atom stereocenters. The van der Waals surface area contributed by atoms with Gasteiger partial charge >= 0.3 is 0 Å². The van der Waals surface area contributed by atoms with Gasteiger partial charge in [0.1, 0.15) is 0 Å². The molecule has 0 saturated carbocycles. The summed E-state index contributed by atoms with van der Waals surface area (Å²) >= 11 is 0. The first kappa shape index (κ1) is 9.92. The molecule has 0 bridgehead atoms. The van der Waals surface area contributed by atoms with E-state index in [4.69, 9.17) is 14.9 Å². The summed E-state index contributed by atoms with van der Waals surface area (Å²) in [4.78, 5) is 0. The monoisotopic (exact) mass is 175 g/mol. The average molecular weight is 175 g/mol. The maximum atomic E-state index is 11.1. The van der Waals surface area contributed by atoms with Gasteiger partial charge in [-0.3, -0.25) is 0 Å². The van der Waals surface area contributed by atoms with E-state index in [1.165, 1.54) is 0 Å². The fraction of sp³-hybridized carbons (Fsp3) is 1.00. The summed E-state index contributed by atoms with van der Waals surface area (Å²) in [5.41, 5.74) is 0. The van der Waals surface area contributed by atoms with Gasteiger partial charge < -0.3 is 14.9 Å². The van der Waals surface area contributed by atoms with Crippen LogP contribution >= 0.6 is 0 Å². The lowest BCUT2D eigenvalue weighted by Crippen LogP contribution is -2.31. The quantitative estimate of drug-likeness (QED) is 0.630. The first-order valence-corrected chi connectivity index (χ1v) is 4.30. The Balaban J connectivity index is 2.28. The molecule has 0 aromatic heterocycles. The van der Waals surface area contributed by atoms with Crippen LogP contribution < -0.4 is 0 Å². The summed E-state index contributed by atoms with van der Waals surface area (Å²) in [5, 5.41) is 28.8. The van der Waals surface area contributed by atoms with Crippen molar-refractivity contribution in [2.45, 2.75) is 31.7 Å². The van der Waals surface area contributed by atoms with Crippen LogP contribution in [0, 0.1) is 5.92 Å². The first-order chi connectivity index (χ1) is 5.74. The minimum absolute atomic E-state index is 0.138. The second-order valence-electron chi connectivity index (χ2n) is 3.21. The highest BCUT2D eigenvalue weighted by Gasteiger charge is 2.26. The third-order valence-electron chi connectivity index (χ3n) is 2.17. The minimum Gasteiger partial charge on any atom is -0.394 e. The lowest BCUT2D eigenvalue weighted by molar-refractivity contribution is -0.199. The van der Waals surface area contributed by atoms with Crippen LogP contribution in [0.4, 0.5) is 0 Å². The molecule has 71 valence electrons. The highest BCUT2D eigenvalue weighted by Crippen LogP contribution is 2.23. The SMILES string of the molecule is [O]C1OCCCC1CC(O)CO. The molecular weight excluding hydrogens is 160 g/mol. The zero-order valence-corrected chi connectivity index (χ0v) is 6.98. The van der Waals surface area contributed by atoms with Crippen LogP contribution in [-0.4, -0.2) is 35.8 Å². The molecule has 0 aromatic carbocycles. The summed E-state index contributed by atoms with van der Waals surface area (Å²) < 4.78 is 4.89. The Morgan fingerprint density at radius 3 is 2.92 bits per heavy atom. The van der Waals surface area contributed by atoms with Crippen LogP contribution in [0.5, 0.6) is 0 Å². The van der Waals surface area contributed by atoms with E-state index in [1.807, 2.05) is 0 Å². The largest absolute Gasteiger partial charge is 0.394 e. The number of aliphatic hydroxyl groups is 2. The lowest BCUT2D eigenvalue weighted by Gasteiger charge is -2.27. The van der Waals surface area contributed by atoms with Gasteiger partial charge in [-0.05, 0) is 19.3 Å². The highest BCUT2D eigenvalue weighted by molar-refractivity contribution is 4.70. The van der Waals surface area contributed by atoms with Crippen molar-refractivity contribution >= 4 is 0 Å². The smallest absolute Gasteiger partial charge is 0.194 e. The van der Waals surface area contributed by atoms with Crippen molar-refractivity contribution in [3.05, 3.63) is 0 Å². The lowest BCUT2D eigenvalue weighted by atomic mass is 9.94. The molecule has 0 spiro atoms. The number of ether oxygens (including phenoxy) is 1. The van der Waals surface area contributed by atoms with Crippen molar-refractivity contribution in [1.29, 1.82) is 0 Å². The predicted molar refractivity (Wildman–Crippen MR) is 40.9 cm³/mol. The standard InChI is InChI=1S/C8H15O4/c9-5-7(10)4-6-2-1-3-12-8(6)11/h6-10H,1-5H2. The maximum Gasteiger partial charge on any atom is 0.194 e. The van der Waals surface area contributed by atoms with Crippen molar-refractivity contribution < 1.29 is 20.1 Å². The molecule has 4 heteroatoms. The van der Waals surface area contributed by atoms with E-state index < -0.39 is 12.4 Å². The summed E-state index contributed by atoms with van der Waals surface area (Å²) in [7, 11) is 0. The molecule has 1 aliphatic rings. The van der Waals surface area contributed by atoms with E-state index in [-0.39, 0.29) is 12.5 Å². The highest BCUT2D eigenvalue weighted by atomic mass is 16.6. The molecule has 1 radical (unpaired) electrons. The zero-order valence-electron chi connectivity index (χ0n) is 6.98. The number of aliphatic hydroxyl groups excluding tert-OH is 2. The minimum atomic E-state index is -1.01. The molecule has 3 unspecified atom stereocenters. The normalized spacial score (nSPS) is 33.2. The Hall–Kier alpha value is -0.160. The molecule has 1 saturated heterocycles. The van der Waals surface area contributed by atoms with Crippen LogP contribution in [0.3, 0.4) is 0 Å². The van der Waals surface area contributed by atoms with Gasteiger partial charge in [0, 0.05) is 12.5 Å². The molecule has 1 heterocycles. The van der Waals surface area contributed by atoms with Crippen molar-refractivity contribution in [2.24, 2.45) is 5.92 Å². The van der Waals surface area contributed by atoms with E-state index >= 15 is 0 Å². The molecule has 0 aliphatic carbocycles. The molecule has 0 aromatic rings. The second-order valence-corrected chi connectivity index (χ2v) is 3.21. The molecule has 2 N–H and O–H groups in total. The van der Waals surface area contributed by atoms with E-state index in [0.29, 0.717) is 13.0 Å². The van der Waals surface area contributed by atoms with Crippen LogP contribution in [-0.2, 0) is 9.84 Å². The molecule has 12 heavy (non-hydrogen) atoms. The van der Waals surface area contributed by atoms with E-state index in [0.717, 1.165) is 12.8 Å². The molecule has 1 fully saturated rings. The molecule has 0 amide bonds. The third kappa shape index (κ3) is 2.71. The zero-order chi connectivity index (χ0) is 8.97. The summed E-state index contributed by atoms with van der Waals surface area (Å²) in [6, 6.07) is 0. The topological polar surface area (TPSA) is 69.6 Å². The summed E-state index contributed by atoms with van der Waals surface area (Å²) in [6.45, 7) is 0.253. The van der Waals surface area contributed by atoms with Gasteiger partial charge in [-0.15, -0.1) is 0 Å².